The Kier molecular flexibility index (Phi) is 6.14. The number of amides is 2. The molecule has 24 heavy (non-hydrogen) atoms. The van der Waals surface area contributed by atoms with E-state index in [4.69, 9.17) is 9.15 Å². The SMILES string of the molecule is CCOC(=O)c1cccc(NC(=O)CNC(=O)c2ccc(Br)o2)c1. The molecule has 1 aromatic carbocycles. The van der Waals surface area contributed by atoms with Crippen molar-refractivity contribution in [2.24, 2.45) is 0 Å². The van der Waals surface area contributed by atoms with Crippen molar-refractivity contribution in [1.82, 2.24) is 5.32 Å². The summed E-state index contributed by atoms with van der Waals surface area (Å²) in [5.74, 6) is -1.31. The standard InChI is InChI=1S/C16H15BrN2O5/c1-2-23-16(22)10-4-3-5-11(8-10)19-14(20)9-18-15(21)12-6-7-13(17)24-12/h3-8H,2,9H2,1H3,(H,18,21)(H,19,20). The molecular formula is C16H15BrN2O5. The summed E-state index contributed by atoms with van der Waals surface area (Å²) >= 11 is 3.09. The van der Waals surface area contributed by atoms with Crippen LogP contribution in [0.5, 0.6) is 0 Å². The van der Waals surface area contributed by atoms with Gasteiger partial charge in [-0.2, -0.15) is 0 Å². The molecule has 126 valence electrons. The van der Waals surface area contributed by atoms with Crippen molar-refractivity contribution in [2.75, 3.05) is 18.5 Å². The van der Waals surface area contributed by atoms with Crippen LogP contribution < -0.4 is 10.6 Å². The highest BCUT2D eigenvalue weighted by molar-refractivity contribution is 9.10. The van der Waals surface area contributed by atoms with Crippen molar-refractivity contribution in [1.29, 1.82) is 0 Å². The second-order valence-corrected chi connectivity index (χ2v) is 5.42. The molecule has 0 radical (unpaired) electrons. The van der Waals surface area contributed by atoms with Crippen LogP contribution in [0.4, 0.5) is 5.69 Å². The van der Waals surface area contributed by atoms with Gasteiger partial charge >= 0.3 is 5.97 Å². The van der Waals surface area contributed by atoms with Gasteiger partial charge < -0.3 is 19.8 Å². The molecular weight excluding hydrogens is 380 g/mol. The highest BCUT2D eigenvalue weighted by atomic mass is 79.9. The smallest absolute Gasteiger partial charge is 0.338 e. The molecule has 0 aliphatic carbocycles. The lowest BCUT2D eigenvalue weighted by Gasteiger charge is -2.08. The summed E-state index contributed by atoms with van der Waals surface area (Å²) in [5, 5.41) is 5.02. The van der Waals surface area contributed by atoms with E-state index in [0.29, 0.717) is 15.9 Å². The largest absolute Gasteiger partial charge is 0.462 e. The fraction of sp³-hybridized carbons (Fsp3) is 0.188. The van der Waals surface area contributed by atoms with Crippen LogP contribution in [0.15, 0.2) is 45.5 Å². The fourth-order valence-electron chi connectivity index (χ4n) is 1.83. The summed E-state index contributed by atoms with van der Waals surface area (Å²) in [6.45, 7) is 1.74. The molecule has 0 saturated carbocycles. The lowest BCUT2D eigenvalue weighted by molar-refractivity contribution is -0.115. The van der Waals surface area contributed by atoms with Crippen LogP contribution in [0.1, 0.15) is 27.8 Å². The summed E-state index contributed by atoms with van der Waals surface area (Å²) in [6.07, 6.45) is 0. The summed E-state index contributed by atoms with van der Waals surface area (Å²) in [5.41, 5.74) is 0.764. The van der Waals surface area contributed by atoms with Crippen molar-refractivity contribution in [3.63, 3.8) is 0 Å². The summed E-state index contributed by atoms with van der Waals surface area (Å²) in [6, 6.07) is 9.41. The normalized spacial score (nSPS) is 10.1. The van der Waals surface area contributed by atoms with Gasteiger partial charge in [-0.1, -0.05) is 6.07 Å². The second kappa shape index (κ2) is 8.30. The minimum absolute atomic E-state index is 0.0963. The van der Waals surface area contributed by atoms with Crippen LogP contribution in [-0.2, 0) is 9.53 Å². The minimum Gasteiger partial charge on any atom is -0.462 e. The number of benzene rings is 1. The van der Waals surface area contributed by atoms with Gasteiger partial charge in [0.2, 0.25) is 5.91 Å². The number of hydrogen-bond acceptors (Lipinski definition) is 5. The van der Waals surface area contributed by atoms with E-state index in [0.717, 1.165) is 0 Å². The Morgan fingerprint density at radius 2 is 2.00 bits per heavy atom. The van der Waals surface area contributed by atoms with Gasteiger partial charge in [0.1, 0.15) is 0 Å². The molecule has 2 amide bonds. The summed E-state index contributed by atoms with van der Waals surface area (Å²) < 4.78 is 10.4. The van der Waals surface area contributed by atoms with Gasteiger partial charge in [-0.05, 0) is 53.2 Å². The predicted octanol–water partition coefficient (Wildman–Crippen LogP) is 2.59. The first-order valence-corrected chi connectivity index (χ1v) is 7.89. The molecule has 0 fully saturated rings. The molecule has 0 aliphatic rings. The number of furan rings is 1. The fourth-order valence-corrected chi connectivity index (χ4v) is 2.13. The van der Waals surface area contributed by atoms with Crippen LogP contribution in [-0.4, -0.2) is 30.9 Å². The van der Waals surface area contributed by atoms with Gasteiger partial charge in [0.25, 0.3) is 5.91 Å². The molecule has 0 saturated heterocycles. The number of anilines is 1. The topological polar surface area (TPSA) is 97.6 Å². The van der Waals surface area contributed by atoms with Gasteiger partial charge in [-0.15, -0.1) is 0 Å². The maximum absolute atomic E-state index is 11.9. The third kappa shape index (κ3) is 4.95. The zero-order chi connectivity index (χ0) is 17.5. The van der Waals surface area contributed by atoms with Crippen LogP contribution in [0, 0.1) is 0 Å². The van der Waals surface area contributed by atoms with Gasteiger partial charge in [-0.3, -0.25) is 9.59 Å². The van der Waals surface area contributed by atoms with E-state index in [9.17, 15) is 14.4 Å². The first-order valence-electron chi connectivity index (χ1n) is 7.10. The molecule has 1 aromatic heterocycles. The Hall–Kier alpha value is -2.61. The molecule has 7 nitrogen and oxygen atoms in total. The van der Waals surface area contributed by atoms with E-state index < -0.39 is 17.8 Å². The third-order valence-corrected chi connectivity index (χ3v) is 3.29. The maximum atomic E-state index is 11.9. The molecule has 0 unspecified atom stereocenters. The Labute approximate surface area is 146 Å². The number of esters is 1. The monoisotopic (exact) mass is 394 g/mol. The van der Waals surface area contributed by atoms with Gasteiger partial charge in [0, 0.05) is 5.69 Å². The average molecular weight is 395 g/mol. The number of hydrogen-bond donors (Lipinski definition) is 2. The average Bonchev–Trinajstić information content (AvgIpc) is 3.00. The van der Waals surface area contributed by atoms with Crippen molar-refractivity contribution in [2.45, 2.75) is 6.92 Å². The summed E-state index contributed by atoms with van der Waals surface area (Å²) in [7, 11) is 0. The highest BCUT2D eigenvalue weighted by Crippen LogP contribution is 2.14. The van der Waals surface area contributed by atoms with Gasteiger partial charge in [0.05, 0.1) is 18.7 Å². The number of nitrogens with one attached hydrogen (secondary N) is 2. The zero-order valence-electron chi connectivity index (χ0n) is 12.8. The van der Waals surface area contributed by atoms with Crippen molar-refractivity contribution in [3.8, 4) is 0 Å². The zero-order valence-corrected chi connectivity index (χ0v) is 14.4. The van der Waals surface area contributed by atoms with E-state index in [1.54, 1.807) is 31.2 Å². The van der Waals surface area contributed by atoms with E-state index in [1.807, 2.05) is 0 Å². The van der Waals surface area contributed by atoms with Crippen molar-refractivity contribution in [3.05, 3.63) is 52.4 Å². The van der Waals surface area contributed by atoms with E-state index in [1.165, 1.54) is 12.1 Å². The first-order chi connectivity index (χ1) is 11.5. The van der Waals surface area contributed by atoms with Crippen LogP contribution in [0.2, 0.25) is 0 Å². The maximum Gasteiger partial charge on any atom is 0.338 e. The van der Waals surface area contributed by atoms with Crippen molar-refractivity contribution >= 4 is 39.4 Å². The molecule has 2 rings (SSSR count). The molecule has 0 bridgehead atoms. The Morgan fingerprint density at radius 3 is 2.67 bits per heavy atom. The Bertz CT molecular complexity index is 756. The number of carbonyl (C=O) groups is 3. The molecule has 0 atom stereocenters. The third-order valence-electron chi connectivity index (χ3n) is 2.86. The Morgan fingerprint density at radius 1 is 1.21 bits per heavy atom. The molecule has 2 aromatic rings. The minimum atomic E-state index is -0.504. The van der Waals surface area contributed by atoms with Crippen molar-refractivity contribution < 1.29 is 23.5 Å². The van der Waals surface area contributed by atoms with Gasteiger partial charge in [0.15, 0.2) is 10.4 Å². The lowest BCUT2D eigenvalue weighted by Crippen LogP contribution is -2.32. The molecule has 2 N–H and O–H groups in total. The second-order valence-electron chi connectivity index (χ2n) is 4.64. The lowest BCUT2D eigenvalue weighted by atomic mass is 10.2. The molecule has 1 heterocycles. The van der Waals surface area contributed by atoms with Crippen LogP contribution in [0.3, 0.4) is 0 Å². The summed E-state index contributed by atoms with van der Waals surface area (Å²) in [4.78, 5) is 35.3. The van der Waals surface area contributed by atoms with E-state index in [2.05, 4.69) is 26.6 Å². The number of ether oxygens (including phenoxy) is 1. The van der Waals surface area contributed by atoms with E-state index in [-0.39, 0.29) is 18.9 Å². The van der Waals surface area contributed by atoms with Crippen LogP contribution >= 0.6 is 15.9 Å². The quantitative estimate of drug-likeness (QED) is 0.733. The molecule has 0 spiro atoms. The Balaban J connectivity index is 1.89. The molecule has 0 aliphatic heterocycles. The first kappa shape index (κ1) is 17.7. The van der Waals surface area contributed by atoms with Crippen LogP contribution in [0.25, 0.3) is 0 Å². The molecule has 8 heteroatoms. The highest BCUT2D eigenvalue weighted by Gasteiger charge is 2.12. The predicted molar refractivity (Wildman–Crippen MR) is 89.8 cm³/mol. The van der Waals surface area contributed by atoms with Gasteiger partial charge in [-0.25, -0.2) is 4.79 Å². The number of rotatable bonds is 6. The van der Waals surface area contributed by atoms with E-state index >= 15 is 0 Å². The number of halogens is 1. The number of carbonyl (C=O) groups excluding carboxylic acids is 3.